The summed E-state index contributed by atoms with van der Waals surface area (Å²) in [5.41, 5.74) is 1.96. The van der Waals surface area contributed by atoms with Crippen LogP contribution in [-0.2, 0) is 0 Å². The van der Waals surface area contributed by atoms with Gasteiger partial charge in [0, 0.05) is 24.2 Å². The van der Waals surface area contributed by atoms with E-state index in [1.54, 1.807) is 7.11 Å². The maximum absolute atomic E-state index is 5.17. The molecule has 0 fully saturated rings. The third-order valence-electron chi connectivity index (χ3n) is 3.27. The molecule has 2 rings (SSSR count). The first-order valence-corrected chi connectivity index (χ1v) is 7.02. The zero-order valence-electron chi connectivity index (χ0n) is 13.2. The predicted octanol–water partition coefficient (Wildman–Crippen LogP) is 3.70. The minimum absolute atomic E-state index is 0.272. The zero-order valence-corrected chi connectivity index (χ0v) is 13.2. The number of nitrogens with one attached hydrogen (secondary N) is 2. The normalized spacial score (nSPS) is 10.6. The minimum atomic E-state index is 0.272. The average molecular weight is 286 g/mol. The number of ether oxygens (including phenoxy) is 1. The van der Waals surface area contributed by atoms with Crippen LogP contribution in [-0.4, -0.2) is 24.1 Å². The summed E-state index contributed by atoms with van der Waals surface area (Å²) in [5, 5.41) is 6.47. The van der Waals surface area contributed by atoms with Crippen LogP contribution in [0.3, 0.4) is 0 Å². The quantitative estimate of drug-likeness (QED) is 0.877. The molecule has 0 aliphatic rings. The number of anilines is 3. The van der Waals surface area contributed by atoms with Crippen molar-refractivity contribution in [2.24, 2.45) is 0 Å². The lowest BCUT2D eigenvalue weighted by Crippen LogP contribution is -2.08. The first kappa shape index (κ1) is 15.1. The van der Waals surface area contributed by atoms with Crippen LogP contribution < -0.4 is 15.4 Å². The van der Waals surface area contributed by atoms with Crippen LogP contribution in [0.2, 0.25) is 0 Å². The standard InChI is InChI=1S/C16H22N4O/c1-10(2)14-19-15(17-4)11(3)16(20-14)18-12-6-8-13(21-5)9-7-12/h6-10H,1-5H3,(H2,17,18,19,20). The molecule has 0 spiro atoms. The first-order chi connectivity index (χ1) is 10.0. The number of nitrogens with zero attached hydrogens (tertiary/aromatic N) is 2. The Morgan fingerprint density at radius 3 is 2.19 bits per heavy atom. The van der Waals surface area contributed by atoms with Crippen molar-refractivity contribution in [3.05, 3.63) is 35.7 Å². The Labute approximate surface area is 125 Å². The van der Waals surface area contributed by atoms with Gasteiger partial charge in [0.2, 0.25) is 0 Å². The Morgan fingerprint density at radius 1 is 1.05 bits per heavy atom. The van der Waals surface area contributed by atoms with E-state index in [1.807, 2.05) is 38.2 Å². The Kier molecular flexibility index (Phi) is 4.62. The fraction of sp³-hybridized carbons (Fsp3) is 0.375. The fourth-order valence-corrected chi connectivity index (χ4v) is 1.97. The summed E-state index contributed by atoms with van der Waals surface area (Å²) in [6, 6.07) is 7.77. The number of hydrogen-bond donors (Lipinski definition) is 2. The molecule has 1 heterocycles. The molecular formula is C16H22N4O. The van der Waals surface area contributed by atoms with E-state index in [0.29, 0.717) is 0 Å². The van der Waals surface area contributed by atoms with E-state index in [2.05, 4.69) is 34.4 Å². The zero-order chi connectivity index (χ0) is 15.4. The highest BCUT2D eigenvalue weighted by Gasteiger charge is 2.12. The van der Waals surface area contributed by atoms with Crippen molar-refractivity contribution in [3.8, 4) is 5.75 Å². The second-order valence-corrected chi connectivity index (χ2v) is 5.16. The Bertz CT molecular complexity index is 608. The summed E-state index contributed by atoms with van der Waals surface area (Å²) in [5.74, 6) is 3.60. The van der Waals surface area contributed by atoms with Gasteiger partial charge < -0.3 is 15.4 Å². The summed E-state index contributed by atoms with van der Waals surface area (Å²) in [6.45, 7) is 6.17. The number of methoxy groups -OCH3 is 1. The minimum Gasteiger partial charge on any atom is -0.497 e. The van der Waals surface area contributed by atoms with Crippen LogP contribution in [0.4, 0.5) is 17.3 Å². The monoisotopic (exact) mass is 286 g/mol. The van der Waals surface area contributed by atoms with E-state index in [1.165, 1.54) is 0 Å². The molecule has 5 nitrogen and oxygen atoms in total. The molecule has 2 aromatic rings. The van der Waals surface area contributed by atoms with Gasteiger partial charge in [-0.25, -0.2) is 9.97 Å². The molecule has 0 aliphatic carbocycles. The molecule has 21 heavy (non-hydrogen) atoms. The predicted molar refractivity (Wildman–Crippen MR) is 86.7 cm³/mol. The molecule has 0 unspecified atom stereocenters. The van der Waals surface area contributed by atoms with Gasteiger partial charge in [0.05, 0.1) is 7.11 Å². The molecule has 0 radical (unpaired) electrons. The Morgan fingerprint density at radius 2 is 1.67 bits per heavy atom. The Hall–Kier alpha value is -2.30. The topological polar surface area (TPSA) is 59.1 Å². The van der Waals surface area contributed by atoms with E-state index in [9.17, 15) is 0 Å². The van der Waals surface area contributed by atoms with Gasteiger partial charge in [-0.2, -0.15) is 0 Å². The van der Waals surface area contributed by atoms with Gasteiger partial charge in [-0.15, -0.1) is 0 Å². The van der Waals surface area contributed by atoms with E-state index in [0.717, 1.165) is 34.5 Å². The number of aromatic nitrogens is 2. The van der Waals surface area contributed by atoms with Gasteiger partial charge in [0.15, 0.2) is 0 Å². The van der Waals surface area contributed by atoms with Crippen LogP contribution in [0.1, 0.15) is 31.2 Å². The van der Waals surface area contributed by atoms with E-state index in [-0.39, 0.29) is 5.92 Å². The van der Waals surface area contributed by atoms with Gasteiger partial charge in [0.1, 0.15) is 23.2 Å². The molecule has 0 saturated carbocycles. The van der Waals surface area contributed by atoms with E-state index < -0.39 is 0 Å². The van der Waals surface area contributed by atoms with Gasteiger partial charge in [0.25, 0.3) is 0 Å². The van der Waals surface area contributed by atoms with Crippen molar-refractivity contribution in [1.82, 2.24) is 9.97 Å². The summed E-state index contributed by atoms with van der Waals surface area (Å²) >= 11 is 0. The summed E-state index contributed by atoms with van der Waals surface area (Å²) < 4.78 is 5.17. The SMILES string of the molecule is CNc1nc(C(C)C)nc(Nc2ccc(OC)cc2)c1C. The number of rotatable bonds is 5. The van der Waals surface area contributed by atoms with E-state index in [4.69, 9.17) is 4.74 Å². The summed E-state index contributed by atoms with van der Waals surface area (Å²) in [6.07, 6.45) is 0. The molecular weight excluding hydrogens is 264 g/mol. The molecule has 112 valence electrons. The third kappa shape index (κ3) is 3.42. The van der Waals surface area contributed by atoms with Crippen LogP contribution in [0.5, 0.6) is 5.75 Å². The van der Waals surface area contributed by atoms with Gasteiger partial charge in [-0.3, -0.25) is 0 Å². The first-order valence-electron chi connectivity index (χ1n) is 7.02. The lowest BCUT2D eigenvalue weighted by atomic mass is 10.2. The molecule has 0 atom stereocenters. The fourth-order valence-electron chi connectivity index (χ4n) is 1.97. The van der Waals surface area contributed by atoms with Crippen LogP contribution in [0.25, 0.3) is 0 Å². The molecule has 1 aromatic carbocycles. The van der Waals surface area contributed by atoms with E-state index >= 15 is 0 Å². The van der Waals surface area contributed by atoms with Crippen molar-refractivity contribution in [2.45, 2.75) is 26.7 Å². The summed E-state index contributed by atoms with van der Waals surface area (Å²) in [7, 11) is 3.53. The van der Waals surface area contributed by atoms with Crippen molar-refractivity contribution >= 4 is 17.3 Å². The molecule has 0 bridgehead atoms. The maximum Gasteiger partial charge on any atom is 0.139 e. The average Bonchev–Trinajstić information content (AvgIpc) is 2.49. The molecule has 0 amide bonds. The van der Waals surface area contributed by atoms with Gasteiger partial charge in [-0.05, 0) is 31.2 Å². The summed E-state index contributed by atoms with van der Waals surface area (Å²) in [4.78, 5) is 9.16. The van der Waals surface area contributed by atoms with Crippen molar-refractivity contribution in [1.29, 1.82) is 0 Å². The third-order valence-corrected chi connectivity index (χ3v) is 3.27. The Balaban J connectivity index is 2.35. The second-order valence-electron chi connectivity index (χ2n) is 5.16. The highest BCUT2D eigenvalue weighted by Crippen LogP contribution is 2.26. The van der Waals surface area contributed by atoms with Crippen molar-refractivity contribution < 1.29 is 4.74 Å². The molecule has 5 heteroatoms. The molecule has 0 aliphatic heterocycles. The second kappa shape index (κ2) is 6.43. The van der Waals surface area contributed by atoms with Gasteiger partial charge in [-0.1, -0.05) is 13.8 Å². The largest absolute Gasteiger partial charge is 0.497 e. The highest BCUT2D eigenvalue weighted by molar-refractivity contribution is 5.65. The van der Waals surface area contributed by atoms with Crippen LogP contribution in [0, 0.1) is 6.92 Å². The maximum atomic E-state index is 5.17. The smallest absolute Gasteiger partial charge is 0.139 e. The molecule has 2 N–H and O–H groups in total. The lowest BCUT2D eigenvalue weighted by molar-refractivity contribution is 0.415. The molecule has 0 saturated heterocycles. The van der Waals surface area contributed by atoms with Gasteiger partial charge >= 0.3 is 0 Å². The van der Waals surface area contributed by atoms with Crippen LogP contribution in [0.15, 0.2) is 24.3 Å². The molecule has 1 aromatic heterocycles. The number of hydrogen-bond acceptors (Lipinski definition) is 5. The van der Waals surface area contributed by atoms with Crippen molar-refractivity contribution in [2.75, 3.05) is 24.8 Å². The number of benzene rings is 1. The van der Waals surface area contributed by atoms with Crippen molar-refractivity contribution in [3.63, 3.8) is 0 Å². The van der Waals surface area contributed by atoms with Crippen LogP contribution >= 0.6 is 0 Å². The lowest BCUT2D eigenvalue weighted by Gasteiger charge is -2.15. The highest BCUT2D eigenvalue weighted by atomic mass is 16.5.